The molecule has 1 saturated heterocycles. The van der Waals surface area contributed by atoms with Gasteiger partial charge in [0.05, 0.1) is 6.04 Å². The fraction of sp³-hybridized carbons (Fsp3) is 0.667. The Morgan fingerprint density at radius 3 is 2.75 bits per heavy atom. The molecule has 2 fully saturated rings. The van der Waals surface area contributed by atoms with Crippen molar-refractivity contribution in [2.45, 2.75) is 63.5 Å². The van der Waals surface area contributed by atoms with Crippen molar-refractivity contribution < 1.29 is 9.59 Å². The average molecular weight is 350 g/mol. The summed E-state index contributed by atoms with van der Waals surface area (Å²) in [6.07, 6.45) is 8.28. The number of likely N-dealkylation sites (tertiary alicyclic amines) is 1. The second-order valence-corrected chi connectivity index (χ2v) is 7.57. The van der Waals surface area contributed by atoms with E-state index < -0.39 is 0 Å². The topological polar surface area (TPSA) is 61.4 Å². The number of urea groups is 1. The minimum absolute atomic E-state index is 0.134. The van der Waals surface area contributed by atoms with Crippen LogP contribution in [0, 0.1) is 0 Å². The summed E-state index contributed by atoms with van der Waals surface area (Å²) in [5.74, 6) is 0.140. The van der Waals surface area contributed by atoms with Crippen molar-refractivity contribution in [2.24, 2.45) is 0 Å². The van der Waals surface area contributed by atoms with Gasteiger partial charge in [-0.25, -0.2) is 4.79 Å². The number of amides is 3. The smallest absolute Gasteiger partial charge is 0.315 e. The third-order valence-electron chi connectivity index (χ3n) is 5.07. The van der Waals surface area contributed by atoms with E-state index in [1.807, 2.05) is 4.90 Å². The fourth-order valence-electron chi connectivity index (χ4n) is 3.79. The van der Waals surface area contributed by atoms with Gasteiger partial charge in [-0.1, -0.05) is 19.3 Å². The molecule has 0 bridgehead atoms. The maximum absolute atomic E-state index is 12.5. The first-order valence-electron chi connectivity index (χ1n) is 9.10. The summed E-state index contributed by atoms with van der Waals surface area (Å²) >= 11 is 1.68. The fourth-order valence-corrected chi connectivity index (χ4v) is 4.49. The average Bonchev–Trinajstić information content (AvgIpc) is 3.26. The van der Waals surface area contributed by atoms with Crippen LogP contribution in [0.3, 0.4) is 0 Å². The lowest BCUT2D eigenvalue weighted by molar-refractivity contribution is -0.132. The van der Waals surface area contributed by atoms with Crippen molar-refractivity contribution in [2.75, 3.05) is 13.1 Å². The number of nitrogens with one attached hydrogen (secondary N) is 2. The molecule has 1 saturated carbocycles. The molecule has 0 radical (unpaired) electrons. The van der Waals surface area contributed by atoms with E-state index >= 15 is 0 Å². The molecule has 24 heavy (non-hydrogen) atoms. The normalized spacial score (nSPS) is 21.7. The van der Waals surface area contributed by atoms with Crippen LogP contribution in [-0.2, 0) is 4.79 Å². The van der Waals surface area contributed by atoms with Crippen molar-refractivity contribution in [3.05, 3.63) is 22.4 Å². The van der Waals surface area contributed by atoms with Crippen LogP contribution in [0.2, 0.25) is 0 Å². The van der Waals surface area contributed by atoms with Crippen molar-refractivity contribution in [3.8, 4) is 0 Å². The predicted octanol–water partition coefficient (Wildman–Crippen LogP) is 3.43. The van der Waals surface area contributed by atoms with Crippen LogP contribution in [0.25, 0.3) is 0 Å². The minimum Gasteiger partial charge on any atom is -0.338 e. The molecule has 1 aliphatic heterocycles. The van der Waals surface area contributed by atoms with Gasteiger partial charge in [0.25, 0.3) is 0 Å². The van der Waals surface area contributed by atoms with Crippen LogP contribution in [0.5, 0.6) is 0 Å². The molecule has 1 unspecified atom stereocenters. The number of carbonyl (C=O) groups is 2. The summed E-state index contributed by atoms with van der Waals surface area (Å²) in [5.41, 5.74) is 1.24. The summed E-state index contributed by atoms with van der Waals surface area (Å²) in [5, 5.41) is 10.1. The number of nitrogens with zero attached hydrogens (tertiary/aromatic N) is 1. The lowest BCUT2D eigenvalue weighted by atomic mass is 9.96. The van der Waals surface area contributed by atoms with E-state index in [9.17, 15) is 9.59 Å². The van der Waals surface area contributed by atoms with Crippen LogP contribution >= 0.6 is 11.3 Å². The quantitative estimate of drug-likeness (QED) is 0.855. The van der Waals surface area contributed by atoms with E-state index in [-0.39, 0.29) is 18.0 Å². The van der Waals surface area contributed by atoms with E-state index in [0.29, 0.717) is 19.0 Å². The van der Waals surface area contributed by atoms with E-state index in [0.717, 1.165) is 32.2 Å². The number of hydrogen-bond donors (Lipinski definition) is 2. The van der Waals surface area contributed by atoms with Gasteiger partial charge in [0.15, 0.2) is 0 Å². The van der Waals surface area contributed by atoms with Gasteiger partial charge in [-0.2, -0.15) is 11.3 Å². The van der Waals surface area contributed by atoms with Crippen molar-refractivity contribution in [3.63, 3.8) is 0 Å². The molecule has 1 aromatic rings. The maximum atomic E-state index is 12.5. The van der Waals surface area contributed by atoms with E-state index in [2.05, 4.69) is 27.5 Å². The Morgan fingerprint density at radius 2 is 2.00 bits per heavy atom. The first kappa shape index (κ1) is 17.3. The van der Waals surface area contributed by atoms with E-state index in [1.54, 1.807) is 11.3 Å². The molecule has 3 amide bonds. The van der Waals surface area contributed by atoms with Crippen LogP contribution in [-0.4, -0.2) is 36.0 Å². The SMILES string of the molecule is O=C(NCCC(=O)N1CCCC1c1ccsc1)NC1CCCCC1. The number of hydrogen-bond acceptors (Lipinski definition) is 3. The monoisotopic (exact) mass is 349 g/mol. The molecular formula is C18H27N3O2S. The van der Waals surface area contributed by atoms with Crippen LogP contribution in [0.1, 0.15) is 63.0 Å². The Hall–Kier alpha value is -1.56. The maximum Gasteiger partial charge on any atom is 0.315 e. The van der Waals surface area contributed by atoms with Gasteiger partial charge < -0.3 is 15.5 Å². The molecule has 132 valence electrons. The predicted molar refractivity (Wildman–Crippen MR) is 96.0 cm³/mol. The van der Waals surface area contributed by atoms with Gasteiger partial charge in [-0.05, 0) is 48.1 Å². The second kappa shape index (κ2) is 8.51. The molecule has 1 atom stereocenters. The third kappa shape index (κ3) is 4.50. The highest BCUT2D eigenvalue weighted by Crippen LogP contribution is 2.33. The molecular weight excluding hydrogens is 322 g/mol. The zero-order chi connectivity index (χ0) is 16.8. The number of rotatable bonds is 5. The Balaban J connectivity index is 1.39. The molecule has 2 heterocycles. The number of thiophene rings is 1. The third-order valence-corrected chi connectivity index (χ3v) is 5.77. The summed E-state index contributed by atoms with van der Waals surface area (Å²) in [6, 6.07) is 2.50. The van der Waals surface area contributed by atoms with E-state index in [1.165, 1.54) is 24.8 Å². The van der Waals surface area contributed by atoms with Crippen molar-refractivity contribution in [1.82, 2.24) is 15.5 Å². The molecule has 0 aromatic carbocycles. The molecule has 6 heteroatoms. The summed E-state index contributed by atoms with van der Waals surface area (Å²) in [6.45, 7) is 1.23. The first-order valence-corrected chi connectivity index (χ1v) is 10.0. The Labute approximate surface area is 147 Å². The van der Waals surface area contributed by atoms with Crippen LogP contribution in [0.4, 0.5) is 4.79 Å². The zero-order valence-electron chi connectivity index (χ0n) is 14.1. The molecule has 0 spiro atoms. The Kier molecular flexibility index (Phi) is 6.12. The molecule has 5 nitrogen and oxygen atoms in total. The van der Waals surface area contributed by atoms with Gasteiger partial charge in [-0.3, -0.25) is 4.79 Å². The molecule has 1 aliphatic carbocycles. The van der Waals surface area contributed by atoms with Crippen LogP contribution < -0.4 is 10.6 Å². The molecule has 1 aromatic heterocycles. The van der Waals surface area contributed by atoms with Crippen LogP contribution in [0.15, 0.2) is 16.8 Å². The van der Waals surface area contributed by atoms with Gasteiger partial charge in [0.1, 0.15) is 0 Å². The summed E-state index contributed by atoms with van der Waals surface area (Å²) < 4.78 is 0. The zero-order valence-corrected chi connectivity index (χ0v) is 14.9. The molecule has 2 N–H and O–H groups in total. The van der Waals surface area contributed by atoms with E-state index in [4.69, 9.17) is 0 Å². The van der Waals surface area contributed by atoms with Gasteiger partial charge in [0.2, 0.25) is 5.91 Å². The highest BCUT2D eigenvalue weighted by Gasteiger charge is 2.29. The lowest BCUT2D eigenvalue weighted by Gasteiger charge is -2.25. The first-order chi connectivity index (χ1) is 11.7. The molecule has 3 rings (SSSR count). The van der Waals surface area contributed by atoms with Gasteiger partial charge in [-0.15, -0.1) is 0 Å². The standard InChI is InChI=1S/C18H27N3O2S/c22-17(21-11-4-7-16(21)14-9-12-24-13-14)8-10-19-18(23)20-15-5-2-1-3-6-15/h9,12-13,15-16H,1-8,10-11H2,(H2,19,20,23). The minimum atomic E-state index is -0.134. The Bertz CT molecular complexity index is 540. The lowest BCUT2D eigenvalue weighted by Crippen LogP contribution is -2.44. The van der Waals surface area contributed by atoms with Crippen molar-refractivity contribution in [1.29, 1.82) is 0 Å². The largest absolute Gasteiger partial charge is 0.338 e. The summed E-state index contributed by atoms with van der Waals surface area (Å²) in [7, 11) is 0. The highest BCUT2D eigenvalue weighted by atomic mass is 32.1. The summed E-state index contributed by atoms with van der Waals surface area (Å²) in [4.78, 5) is 26.4. The molecule has 2 aliphatic rings. The van der Waals surface area contributed by atoms with Gasteiger partial charge >= 0.3 is 6.03 Å². The van der Waals surface area contributed by atoms with Gasteiger partial charge in [0, 0.05) is 25.6 Å². The number of carbonyl (C=O) groups excluding carboxylic acids is 2. The second-order valence-electron chi connectivity index (χ2n) is 6.79. The highest BCUT2D eigenvalue weighted by molar-refractivity contribution is 7.07. The van der Waals surface area contributed by atoms with Crippen molar-refractivity contribution >= 4 is 23.3 Å². The Morgan fingerprint density at radius 1 is 1.17 bits per heavy atom.